The van der Waals surface area contributed by atoms with Crippen LogP contribution in [-0.4, -0.2) is 42.9 Å². The highest BCUT2D eigenvalue weighted by atomic mass is 32.2. The monoisotopic (exact) mass is 337 g/mol. The molecule has 0 fully saturated rings. The maximum atomic E-state index is 11.7. The molecule has 2 N–H and O–H groups in total. The molecule has 0 bridgehead atoms. The van der Waals surface area contributed by atoms with Crippen molar-refractivity contribution in [2.24, 2.45) is 4.99 Å². The predicted octanol–water partition coefficient (Wildman–Crippen LogP) is 2.68. The highest BCUT2D eigenvalue weighted by molar-refractivity contribution is 7.99. The number of carbonyl (C=O) groups excluding carboxylic acids is 1. The van der Waals surface area contributed by atoms with E-state index in [4.69, 9.17) is 4.74 Å². The van der Waals surface area contributed by atoms with Crippen LogP contribution < -0.4 is 10.6 Å². The van der Waals surface area contributed by atoms with Gasteiger partial charge in [0.05, 0.1) is 0 Å². The van der Waals surface area contributed by atoms with Crippen LogP contribution in [0.5, 0.6) is 0 Å². The Balaban J connectivity index is 2.36. The summed E-state index contributed by atoms with van der Waals surface area (Å²) in [5, 5.41) is 6.34. The molecule has 0 amide bonds. The topological polar surface area (TPSA) is 62.7 Å². The van der Waals surface area contributed by atoms with Gasteiger partial charge in [0, 0.05) is 23.7 Å². The summed E-state index contributed by atoms with van der Waals surface area (Å²) in [5.74, 6) is 1.22. The Morgan fingerprint density at radius 1 is 1.22 bits per heavy atom. The standard InChI is InChI=1S/C17H27N3O2S/c1-5-18-16(20-13-15(21)22-17(2,3)4)19-11-12-23-14-9-7-6-8-10-14/h6-10H,5,11-13H2,1-4H3,(H2,18,19,20). The molecular weight excluding hydrogens is 310 g/mol. The number of ether oxygens (including phenoxy) is 1. The Bertz CT molecular complexity index is 498. The average molecular weight is 337 g/mol. The lowest BCUT2D eigenvalue weighted by atomic mass is 10.2. The molecule has 0 aliphatic heterocycles. The Labute approximate surface area is 143 Å². The molecule has 1 aromatic carbocycles. The van der Waals surface area contributed by atoms with Crippen LogP contribution in [0.4, 0.5) is 0 Å². The predicted molar refractivity (Wildman–Crippen MR) is 97.0 cm³/mol. The summed E-state index contributed by atoms with van der Waals surface area (Å²) in [4.78, 5) is 17.2. The van der Waals surface area contributed by atoms with E-state index in [1.54, 1.807) is 11.8 Å². The van der Waals surface area contributed by atoms with E-state index < -0.39 is 5.60 Å². The molecule has 0 heterocycles. The summed E-state index contributed by atoms with van der Waals surface area (Å²) in [6.45, 7) is 9.05. The van der Waals surface area contributed by atoms with Crippen LogP contribution in [0.2, 0.25) is 0 Å². The number of thioether (sulfide) groups is 1. The van der Waals surface area contributed by atoms with Crippen LogP contribution in [0, 0.1) is 0 Å². The Hall–Kier alpha value is -1.69. The van der Waals surface area contributed by atoms with Gasteiger partial charge in [-0.25, -0.2) is 4.99 Å². The first-order valence-electron chi connectivity index (χ1n) is 7.82. The number of hydrogen-bond acceptors (Lipinski definition) is 4. The second-order valence-electron chi connectivity index (χ2n) is 5.87. The summed E-state index contributed by atoms with van der Waals surface area (Å²) in [6, 6.07) is 10.2. The molecule has 0 radical (unpaired) electrons. The molecule has 0 saturated carbocycles. The molecule has 23 heavy (non-hydrogen) atoms. The van der Waals surface area contributed by atoms with E-state index in [-0.39, 0.29) is 12.5 Å². The molecule has 6 heteroatoms. The zero-order valence-corrected chi connectivity index (χ0v) is 15.2. The smallest absolute Gasteiger partial charge is 0.328 e. The van der Waals surface area contributed by atoms with Crippen LogP contribution in [0.1, 0.15) is 27.7 Å². The average Bonchev–Trinajstić information content (AvgIpc) is 2.48. The van der Waals surface area contributed by atoms with Crippen molar-refractivity contribution in [2.45, 2.75) is 38.2 Å². The minimum absolute atomic E-state index is 0.0123. The van der Waals surface area contributed by atoms with Gasteiger partial charge in [0.15, 0.2) is 5.96 Å². The number of aliphatic imine (C=N–C) groups is 1. The molecule has 0 aliphatic carbocycles. The van der Waals surface area contributed by atoms with E-state index in [0.29, 0.717) is 5.96 Å². The largest absolute Gasteiger partial charge is 0.459 e. The zero-order valence-electron chi connectivity index (χ0n) is 14.4. The molecule has 0 saturated heterocycles. The second kappa shape index (κ2) is 10.2. The van der Waals surface area contributed by atoms with Gasteiger partial charge in [0.2, 0.25) is 0 Å². The number of hydrogen-bond donors (Lipinski definition) is 2. The van der Waals surface area contributed by atoms with Crippen molar-refractivity contribution in [2.75, 3.05) is 25.4 Å². The van der Waals surface area contributed by atoms with Crippen molar-refractivity contribution in [3.05, 3.63) is 30.3 Å². The highest BCUT2D eigenvalue weighted by Crippen LogP contribution is 2.15. The third-order valence-electron chi connectivity index (χ3n) is 2.54. The summed E-state index contributed by atoms with van der Waals surface area (Å²) >= 11 is 1.78. The maximum Gasteiger partial charge on any atom is 0.328 e. The minimum atomic E-state index is -0.481. The molecular formula is C17H27N3O2S. The number of rotatable bonds is 7. The minimum Gasteiger partial charge on any atom is -0.459 e. The fourth-order valence-electron chi connectivity index (χ4n) is 1.71. The van der Waals surface area contributed by atoms with Gasteiger partial charge >= 0.3 is 5.97 Å². The van der Waals surface area contributed by atoms with E-state index in [1.165, 1.54) is 4.90 Å². The van der Waals surface area contributed by atoms with E-state index >= 15 is 0 Å². The van der Waals surface area contributed by atoms with Crippen LogP contribution in [0.3, 0.4) is 0 Å². The fourth-order valence-corrected chi connectivity index (χ4v) is 2.50. The fraction of sp³-hybridized carbons (Fsp3) is 0.529. The van der Waals surface area contributed by atoms with E-state index in [2.05, 4.69) is 27.8 Å². The van der Waals surface area contributed by atoms with Crippen molar-refractivity contribution in [1.82, 2.24) is 10.6 Å². The third-order valence-corrected chi connectivity index (χ3v) is 3.55. The summed E-state index contributed by atoms with van der Waals surface area (Å²) < 4.78 is 5.24. The quantitative estimate of drug-likeness (QED) is 0.263. The SMILES string of the molecule is CCNC(=NCC(=O)OC(C)(C)C)NCCSc1ccccc1. The van der Waals surface area contributed by atoms with Crippen LogP contribution in [0.15, 0.2) is 40.2 Å². The van der Waals surface area contributed by atoms with E-state index in [9.17, 15) is 4.79 Å². The number of esters is 1. The van der Waals surface area contributed by atoms with Crippen molar-refractivity contribution in [1.29, 1.82) is 0 Å². The van der Waals surface area contributed by atoms with Gasteiger partial charge in [-0.1, -0.05) is 18.2 Å². The number of benzene rings is 1. The van der Waals surface area contributed by atoms with Gasteiger partial charge in [-0.3, -0.25) is 4.79 Å². The molecule has 0 aromatic heterocycles. The molecule has 1 rings (SSSR count). The van der Waals surface area contributed by atoms with Gasteiger partial charge < -0.3 is 15.4 Å². The third kappa shape index (κ3) is 9.84. The van der Waals surface area contributed by atoms with E-state index in [1.807, 2.05) is 45.9 Å². The number of guanidine groups is 1. The Kier molecular flexibility index (Phi) is 8.55. The number of nitrogens with one attached hydrogen (secondary N) is 2. The van der Waals surface area contributed by atoms with Crippen molar-refractivity contribution < 1.29 is 9.53 Å². The van der Waals surface area contributed by atoms with Gasteiger partial charge in [-0.05, 0) is 39.8 Å². The lowest BCUT2D eigenvalue weighted by Crippen LogP contribution is -2.39. The summed E-state index contributed by atoms with van der Waals surface area (Å²) in [5.41, 5.74) is -0.481. The second-order valence-corrected chi connectivity index (χ2v) is 7.04. The van der Waals surface area contributed by atoms with Crippen molar-refractivity contribution >= 4 is 23.7 Å². The molecule has 0 spiro atoms. The molecule has 0 aliphatic rings. The van der Waals surface area contributed by atoms with Crippen LogP contribution in [-0.2, 0) is 9.53 Å². The molecule has 1 aromatic rings. The number of nitrogens with zero attached hydrogens (tertiary/aromatic N) is 1. The summed E-state index contributed by atoms with van der Waals surface area (Å²) in [7, 11) is 0. The Morgan fingerprint density at radius 2 is 1.91 bits per heavy atom. The molecule has 0 atom stereocenters. The maximum absolute atomic E-state index is 11.7. The number of carbonyl (C=O) groups is 1. The molecule has 5 nitrogen and oxygen atoms in total. The van der Waals surface area contributed by atoms with Crippen molar-refractivity contribution in [3.63, 3.8) is 0 Å². The van der Waals surface area contributed by atoms with Crippen LogP contribution in [0.25, 0.3) is 0 Å². The van der Waals surface area contributed by atoms with Crippen molar-refractivity contribution in [3.8, 4) is 0 Å². The lowest BCUT2D eigenvalue weighted by molar-refractivity contribution is -0.152. The first-order chi connectivity index (χ1) is 10.9. The van der Waals surface area contributed by atoms with Crippen LogP contribution >= 0.6 is 11.8 Å². The van der Waals surface area contributed by atoms with Gasteiger partial charge in [-0.2, -0.15) is 0 Å². The highest BCUT2D eigenvalue weighted by Gasteiger charge is 2.15. The normalized spacial score (nSPS) is 11.9. The van der Waals surface area contributed by atoms with E-state index in [0.717, 1.165) is 18.8 Å². The van der Waals surface area contributed by atoms with Gasteiger partial charge in [0.1, 0.15) is 12.1 Å². The molecule has 128 valence electrons. The Morgan fingerprint density at radius 3 is 2.52 bits per heavy atom. The summed E-state index contributed by atoms with van der Waals surface area (Å²) in [6.07, 6.45) is 0. The zero-order chi connectivity index (χ0) is 17.1. The van der Waals surface area contributed by atoms with Gasteiger partial charge in [0.25, 0.3) is 0 Å². The first-order valence-corrected chi connectivity index (χ1v) is 8.81. The lowest BCUT2D eigenvalue weighted by Gasteiger charge is -2.19. The first kappa shape index (κ1) is 19.4. The van der Waals surface area contributed by atoms with Gasteiger partial charge in [-0.15, -0.1) is 11.8 Å². The molecule has 0 unspecified atom stereocenters.